The molecule has 0 saturated carbocycles. The second-order valence-corrected chi connectivity index (χ2v) is 8.54. The van der Waals surface area contributed by atoms with E-state index in [1.54, 1.807) is 29.2 Å². The van der Waals surface area contributed by atoms with Crippen LogP contribution in [0.3, 0.4) is 0 Å². The van der Waals surface area contributed by atoms with Gasteiger partial charge in [0.05, 0.1) is 18.3 Å². The van der Waals surface area contributed by atoms with Crippen molar-refractivity contribution in [3.63, 3.8) is 0 Å². The van der Waals surface area contributed by atoms with E-state index in [1.165, 1.54) is 4.90 Å². The second-order valence-electron chi connectivity index (χ2n) is 7.61. The number of nitrogens with zero attached hydrogens (tertiary/aromatic N) is 2. The molecule has 2 heterocycles. The summed E-state index contributed by atoms with van der Waals surface area (Å²) in [5, 5.41) is 2.79. The van der Waals surface area contributed by atoms with E-state index in [-0.39, 0.29) is 41.3 Å². The van der Waals surface area contributed by atoms with Gasteiger partial charge in [0.25, 0.3) is 11.1 Å². The number of imide groups is 1. The number of rotatable bonds is 7. The molecule has 160 valence electrons. The molecule has 1 N–H and O–H groups in total. The summed E-state index contributed by atoms with van der Waals surface area (Å²) < 4.78 is 0. The van der Waals surface area contributed by atoms with Crippen molar-refractivity contribution in [2.75, 3.05) is 18.8 Å². The Morgan fingerprint density at radius 2 is 1.84 bits per heavy atom. The third kappa shape index (κ3) is 4.96. The van der Waals surface area contributed by atoms with Gasteiger partial charge in [-0.3, -0.25) is 24.1 Å². The van der Waals surface area contributed by atoms with Crippen molar-refractivity contribution in [3.8, 4) is 0 Å². The Morgan fingerprint density at radius 1 is 1.03 bits per heavy atom. The van der Waals surface area contributed by atoms with Gasteiger partial charge in [-0.15, -0.1) is 0 Å². The Bertz CT molecular complexity index is 995. The molecule has 2 fully saturated rings. The second kappa shape index (κ2) is 9.34. The fourth-order valence-electron chi connectivity index (χ4n) is 3.81. The lowest BCUT2D eigenvalue weighted by Crippen LogP contribution is -2.38. The van der Waals surface area contributed by atoms with E-state index in [0.717, 1.165) is 23.7 Å². The van der Waals surface area contributed by atoms with Gasteiger partial charge in [0.1, 0.15) is 0 Å². The average molecular weight is 438 g/mol. The molecule has 0 spiro atoms. The molecular weight excluding hydrogens is 414 g/mol. The maximum Gasteiger partial charge on any atom is 0.289 e. The zero-order valence-electron chi connectivity index (χ0n) is 17.0. The van der Waals surface area contributed by atoms with E-state index < -0.39 is 0 Å². The Balaban J connectivity index is 1.49. The largest absolute Gasteiger partial charge is 0.343 e. The van der Waals surface area contributed by atoms with Crippen LogP contribution in [0.5, 0.6) is 0 Å². The van der Waals surface area contributed by atoms with Crippen LogP contribution in [0.1, 0.15) is 40.4 Å². The quantitative estimate of drug-likeness (QED) is 0.720. The number of nitrogens with one attached hydrogen (secondary N) is 1. The minimum Gasteiger partial charge on any atom is -0.343 e. The van der Waals surface area contributed by atoms with Crippen molar-refractivity contribution in [2.45, 2.75) is 25.4 Å². The van der Waals surface area contributed by atoms with E-state index in [2.05, 4.69) is 5.32 Å². The molecule has 0 aliphatic carbocycles. The Morgan fingerprint density at radius 3 is 2.52 bits per heavy atom. The highest BCUT2D eigenvalue weighted by molar-refractivity contribution is 8.14. The molecule has 4 amide bonds. The highest BCUT2D eigenvalue weighted by Gasteiger charge is 2.30. The molecule has 1 unspecified atom stereocenters. The molecule has 8 heteroatoms. The minimum absolute atomic E-state index is 0.106. The zero-order valence-corrected chi connectivity index (χ0v) is 17.8. The van der Waals surface area contributed by atoms with Crippen LogP contribution in [0.15, 0.2) is 54.6 Å². The van der Waals surface area contributed by atoms with Crippen molar-refractivity contribution in [1.82, 2.24) is 15.1 Å². The normalized spacial score (nSPS) is 17.4. The lowest BCUT2D eigenvalue weighted by molar-refractivity contribution is -0.128. The highest BCUT2D eigenvalue weighted by atomic mass is 32.2. The number of likely N-dealkylation sites (tertiary alicyclic amines) is 1. The van der Waals surface area contributed by atoms with Crippen LogP contribution < -0.4 is 5.32 Å². The first-order valence-electron chi connectivity index (χ1n) is 10.2. The van der Waals surface area contributed by atoms with Crippen molar-refractivity contribution in [2.24, 2.45) is 0 Å². The van der Waals surface area contributed by atoms with Gasteiger partial charge in [0, 0.05) is 25.1 Å². The van der Waals surface area contributed by atoms with E-state index >= 15 is 0 Å². The monoisotopic (exact) mass is 437 g/mol. The highest BCUT2D eigenvalue weighted by Crippen LogP contribution is 2.22. The molecule has 1 atom stereocenters. The molecular formula is C23H23N3O4S. The lowest BCUT2D eigenvalue weighted by Gasteiger charge is -2.25. The zero-order chi connectivity index (χ0) is 21.8. The maximum absolute atomic E-state index is 13.0. The number of hydrogen-bond acceptors (Lipinski definition) is 5. The standard InChI is InChI=1S/C23H23N3O4S/c27-20-10-5-11-25(20)14-19(17-7-2-1-3-8-17)24-22(29)18-9-4-6-16(12-18)13-26-21(28)15-31-23(26)30/h1-4,6-9,12,19H,5,10-11,13-15H2,(H,24,29). The molecule has 2 aliphatic heterocycles. The minimum atomic E-state index is -0.336. The summed E-state index contributed by atoms with van der Waals surface area (Å²) in [5.41, 5.74) is 2.08. The summed E-state index contributed by atoms with van der Waals surface area (Å²) in [6, 6.07) is 16.2. The molecule has 7 nitrogen and oxygen atoms in total. The Kier molecular flexibility index (Phi) is 6.36. The summed E-state index contributed by atoms with van der Waals surface area (Å²) in [7, 11) is 0. The van der Waals surface area contributed by atoms with E-state index in [4.69, 9.17) is 0 Å². The van der Waals surface area contributed by atoms with Crippen LogP contribution in [0.25, 0.3) is 0 Å². The molecule has 2 saturated heterocycles. The molecule has 0 aromatic heterocycles. The van der Waals surface area contributed by atoms with Gasteiger partial charge in [-0.2, -0.15) is 0 Å². The predicted octanol–water partition coefficient (Wildman–Crippen LogP) is 2.98. The van der Waals surface area contributed by atoms with Crippen LogP contribution in [0, 0.1) is 0 Å². The van der Waals surface area contributed by atoms with Crippen molar-refractivity contribution < 1.29 is 19.2 Å². The van der Waals surface area contributed by atoms with Crippen molar-refractivity contribution in [1.29, 1.82) is 0 Å². The van der Waals surface area contributed by atoms with Crippen LogP contribution in [0.2, 0.25) is 0 Å². The summed E-state index contributed by atoms with van der Waals surface area (Å²) in [5.74, 6) is -0.220. The first kappa shape index (κ1) is 21.1. The molecule has 0 radical (unpaired) electrons. The van der Waals surface area contributed by atoms with E-state index in [9.17, 15) is 19.2 Å². The van der Waals surface area contributed by atoms with Crippen molar-refractivity contribution >= 4 is 34.7 Å². The third-order valence-corrected chi connectivity index (χ3v) is 6.31. The van der Waals surface area contributed by atoms with E-state index in [1.807, 2.05) is 30.3 Å². The summed E-state index contributed by atoms with van der Waals surface area (Å²) in [6.45, 7) is 1.27. The predicted molar refractivity (Wildman–Crippen MR) is 117 cm³/mol. The summed E-state index contributed by atoms with van der Waals surface area (Å²) in [4.78, 5) is 51.9. The topological polar surface area (TPSA) is 86.8 Å². The van der Waals surface area contributed by atoms with Gasteiger partial charge in [-0.1, -0.05) is 54.2 Å². The lowest BCUT2D eigenvalue weighted by atomic mass is 10.0. The van der Waals surface area contributed by atoms with Crippen LogP contribution >= 0.6 is 11.8 Å². The molecule has 2 aliphatic rings. The van der Waals surface area contributed by atoms with Crippen LogP contribution in [-0.4, -0.2) is 51.6 Å². The molecule has 31 heavy (non-hydrogen) atoms. The third-order valence-electron chi connectivity index (χ3n) is 5.45. The molecule has 0 bridgehead atoms. The van der Waals surface area contributed by atoms with Gasteiger partial charge in [0.2, 0.25) is 11.8 Å². The first-order chi connectivity index (χ1) is 15.0. The summed E-state index contributed by atoms with van der Waals surface area (Å²) >= 11 is 0.990. The Hall–Kier alpha value is -3.13. The molecule has 2 aromatic carbocycles. The number of carbonyl (C=O) groups excluding carboxylic acids is 4. The smallest absolute Gasteiger partial charge is 0.289 e. The van der Waals surface area contributed by atoms with Gasteiger partial charge in [-0.25, -0.2) is 0 Å². The van der Waals surface area contributed by atoms with Gasteiger partial charge >= 0.3 is 0 Å². The van der Waals surface area contributed by atoms with Gasteiger partial charge in [0.15, 0.2) is 0 Å². The molecule has 2 aromatic rings. The fourth-order valence-corrected chi connectivity index (χ4v) is 4.53. The summed E-state index contributed by atoms with van der Waals surface area (Å²) in [6.07, 6.45) is 1.38. The fraction of sp³-hybridized carbons (Fsp3) is 0.304. The first-order valence-corrected chi connectivity index (χ1v) is 11.2. The van der Waals surface area contributed by atoms with Gasteiger partial charge < -0.3 is 10.2 Å². The van der Waals surface area contributed by atoms with E-state index in [0.29, 0.717) is 30.6 Å². The average Bonchev–Trinajstić information content (AvgIpc) is 3.33. The van der Waals surface area contributed by atoms with Crippen LogP contribution in [-0.2, 0) is 16.1 Å². The van der Waals surface area contributed by atoms with Gasteiger partial charge in [-0.05, 0) is 29.7 Å². The van der Waals surface area contributed by atoms with Crippen molar-refractivity contribution in [3.05, 3.63) is 71.3 Å². The number of thioether (sulfide) groups is 1. The maximum atomic E-state index is 13.0. The molecule has 4 rings (SSSR count). The number of carbonyl (C=O) groups is 4. The Labute approximate surface area is 184 Å². The SMILES string of the molecule is O=C(NC(CN1CCCC1=O)c1ccccc1)c1cccc(CN2C(=O)CSC2=O)c1. The number of amides is 4. The number of benzene rings is 2. The number of hydrogen-bond donors (Lipinski definition) is 1. The van der Waals surface area contributed by atoms with Crippen LogP contribution in [0.4, 0.5) is 4.79 Å².